The number of phenolic OH excluding ortho intramolecular Hbond substituents is 1. The summed E-state index contributed by atoms with van der Waals surface area (Å²) in [7, 11) is 0. The Kier molecular flexibility index (Phi) is 3.88. The van der Waals surface area contributed by atoms with Gasteiger partial charge < -0.3 is 9.67 Å². The molecular weight excluding hydrogens is 234 g/mol. The predicted molar refractivity (Wildman–Crippen MR) is 69.5 cm³/mol. The molecule has 0 atom stereocenters. The molecule has 0 amide bonds. The van der Waals surface area contributed by atoms with Gasteiger partial charge in [0.15, 0.2) is 0 Å². The first-order valence-corrected chi connectivity index (χ1v) is 6.31. The lowest BCUT2D eigenvalue weighted by molar-refractivity contribution is 0.475. The van der Waals surface area contributed by atoms with E-state index in [9.17, 15) is 4.79 Å². The maximum absolute atomic E-state index is 11.4. The average molecular weight is 247 g/mol. The molecular formula is C13H13NO2S. The van der Waals surface area contributed by atoms with Gasteiger partial charge in [-0.3, -0.25) is 4.79 Å². The second-order valence-corrected chi connectivity index (χ2v) is 4.74. The van der Waals surface area contributed by atoms with E-state index in [4.69, 9.17) is 5.11 Å². The molecule has 1 aromatic heterocycles. The van der Waals surface area contributed by atoms with Crippen LogP contribution < -0.4 is 5.56 Å². The van der Waals surface area contributed by atoms with Crippen molar-refractivity contribution in [1.82, 2.24) is 4.57 Å². The van der Waals surface area contributed by atoms with E-state index in [0.717, 1.165) is 10.6 Å². The summed E-state index contributed by atoms with van der Waals surface area (Å²) in [6.45, 7) is 0.686. The third kappa shape index (κ3) is 3.39. The standard InChI is InChI=1S/C13H13NO2S/c15-11-4-6-12(7-5-11)17-10-9-14-8-2-1-3-13(14)16/h1-8,15H,9-10H2. The summed E-state index contributed by atoms with van der Waals surface area (Å²) in [5.41, 5.74) is 0.0267. The van der Waals surface area contributed by atoms with Crippen LogP contribution >= 0.6 is 11.8 Å². The Morgan fingerprint density at radius 2 is 1.88 bits per heavy atom. The van der Waals surface area contributed by atoms with Gasteiger partial charge in [-0.05, 0) is 30.3 Å². The van der Waals surface area contributed by atoms with Gasteiger partial charge in [-0.1, -0.05) is 6.07 Å². The summed E-state index contributed by atoms with van der Waals surface area (Å²) in [5.74, 6) is 1.10. The minimum atomic E-state index is 0.0267. The van der Waals surface area contributed by atoms with Gasteiger partial charge in [-0.2, -0.15) is 0 Å². The van der Waals surface area contributed by atoms with E-state index in [1.54, 1.807) is 46.8 Å². The molecule has 88 valence electrons. The lowest BCUT2D eigenvalue weighted by Gasteiger charge is -2.04. The summed E-state index contributed by atoms with van der Waals surface area (Å²) in [6, 6.07) is 12.2. The topological polar surface area (TPSA) is 42.2 Å². The number of aromatic nitrogens is 1. The monoisotopic (exact) mass is 247 g/mol. The van der Waals surface area contributed by atoms with Crippen LogP contribution in [-0.4, -0.2) is 15.4 Å². The van der Waals surface area contributed by atoms with Crippen molar-refractivity contribution in [2.45, 2.75) is 11.4 Å². The largest absolute Gasteiger partial charge is 0.508 e. The van der Waals surface area contributed by atoms with Crippen molar-refractivity contribution in [2.24, 2.45) is 0 Å². The number of pyridine rings is 1. The molecule has 1 heterocycles. The third-order valence-electron chi connectivity index (χ3n) is 2.34. The van der Waals surface area contributed by atoms with E-state index >= 15 is 0 Å². The summed E-state index contributed by atoms with van der Waals surface area (Å²) < 4.78 is 1.69. The molecule has 17 heavy (non-hydrogen) atoms. The fraction of sp³-hybridized carbons (Fsp3) is 0.154. The Morgan fingerprint density at radius 3 is 2.59 bits per heavy atom. The van der Waals surface area contributed by atoms with Crippen LogP contribution in [0.4, 0.5) is 0 Å². The predicted octanol–water partition coefficient (Wildman–Crippen LogP) is 2.35. The Hall–Kier alpha value is -1.68. The van der Waals surface area contributed by atoms with Gasteiger partial charge in [0, 0.05) is 29.5 Å². The number of aromatic hydroxyl groups is 1. The first kappa shape index (κ1) is 11.8. The molecule has 2 aromatic rings. The van der Waals surface area contributed by atoms with E-state index in [1.165, 1.54) is 0 Å². The third-order valence-corrected chi connectivity index (χ3v) is 3.33. The van der Waals surface area contributed by atoms with Crippen molar-refractivity contribution in [1.29, 1.82) is 0 Å². The van der Waals surface area contributed by atoms with E-state index in [0.29, 0.717) is 6.54 Å². The molecule has 0 aliphatic heterocycles. The maximum atomic E-state index is 11.4. The van der Waals surface area contributed by atoms with Gasteiger partial charge in [0.05, 0.1) is 0 Å². The summed E-state index contributed by atoms with van der Waals surface area (Å²) >= 11 is 1.66. The van der Waals surface area contributed by atoms with Crippen LogP contribution in [0, 0.1) is 0 Å². The van der Waals surface area contributed by atoms with E-state index in [1.807, 2.05) is 18.2 Å². The summed E-state index contributed by atoms with van der Waals surface area (Å²) in [5, 5.41) is 9.14. The highest BCUT2D eigenvalue weighted by molar-refractivity contribution is 7.99. The second-order valence-electron chi connectivity index (χ2n) is 3.57. The van der Waals surface area contributed by atoms with Crippen molar-refractivity contribution < 1.29 is 5.11 Å². The number of thioether (sulfide) groups is 1. The molecule has 4 heteroatoms. The van der Waals surface area contributed by atoms with Crippen LogP contribution in [-0.2, 0) is 6.54 Å². The molecule has 0 bridgehead atoms. The number of hydrogen-bond acceptors (Lipinski definition) is 3. The molecule has 2 rings (SSSR count). The molecule has 1 N–H and O–H groups in total. The smallest absolute Gasteiger partial charge is 0.250 e. The number of nitrogens with zero attached hydrogens (tertiary/aromatic N) is 1. The Labute approximate surface area is 104 Å². The van der Waals surface area contributed by atoms with Crippen LogP contribution in [0.1, 0.15) is 0 Å². The molecule has 0 spiro atoms. The molecule has 0 unspecified atom stereocenters. The van der Waals surface area contributed by atoms with Gasteiger partial charge in [-0.25, -0.2) is 0 Å². The number of rotatable bonds is 4. The van der Waals surface area contributed by atoms with E-state index in [-0.39, 0.29) is 11.3 Å². The molecule has 0 fully saturated rings. The van der Waals surface area contributed by atoms with Crippen molar-refractivity contribution in [3.8, 4) is 5.75 Å². The Balaban J connectivity index is 1.90. The van der Waals surface area contributed by atoms with Crippen molar-refractivity contribution in [3.63, 3.8) is 0 Å². The van der Waals surface area contributed by atoms with Crippen LogP contribution in [0.3, 0.4) is 0 Å². The highest BCUT2D eigenvalue weighted by Crippen LogP contribution is 2.20. The van der Waals surface area contributed by atoms with Gasteiger partial charge in [-0.15, -0.1) is 11.8 Å². The Bertz CT molecular complexity index is 534. The molecule has 0 aliphatic carbocycles. The Morgan fingerprint density at radius 1 is 1.12 bits per heavy atom. The fourth-order valence-electron chi connectivity index (χ4n) is 1.45. The van der Waals surface area contributed by atoms with Crippen molar-refractivity contribution >= 4 is 11.8 Å². The molecule has 0 aliphatic rings. The number of phenols is 1. The number of benzene rings is 1. The molecule has 0 saturated heterocycles. The zero-order valence-electron chi connectivity index (χ0n) is 9.24. The SMILES string of the molecule is O=c1ccccn1CCSc1ccc(O)cc1. The molecule has 1 aromatic carbocycles. The summed E-state index contributed by atoms with van der Waals surface area (Å²) in [6.07, 6.45) is 1.79. The molecule has 0 saturated carbocycles. The van der Waals surface area contributed by atoms with Crippen molar-refractivity contribution in [2.75, 3.05) is 5.75 Å². The van der Waals surface area contributed by atoms with Gasteiger partial charge in [0.25, 0.3) is 5.56 Å². The van der Waals surface area contributed by atoms with Gasteiger partial charge >= 0.3 is 0 Å². The van der Waals surface area contributed by atoms with E-state index in [2.05, 4.69) is 0 Å². The highest BCUT2D eigenvalue weighted by atomic mass is 32.2. The van der Waals surface area contributed by atoms with E-state index < -0.39 is 0 Å². The first-order chi connectivity index (χ1) is 8.25. The minimum absolute atomic E-state index is 0.0267. The maximum Gasteiger partial charge on any atom is 0.250 e. The quantitative estimate of drug-likeness (QED) is 0.843. The van der Waals surface area contributed by atoms with Crippen molar-refractivity contribution in [3.05, 3.63) is 59.0 Å². The summed E-state index contributed by atoms with van der Waals surface area (Å²) in [4.78, 5) is 12.5. The van der Waals surface area contributed by atoms with Gasteiger partial charge in [0.2, 0.25) is 0 Å². The van der Waals surface area contributed by atoms with Crippen LogP contribution in [0.5, 0.6) is 5.75 Å². The highest BCUT2D eigenvalue weighted by Gasteiger charge is 1.96. The molecule has 3 nitrogen and oxygen atoms in total. The normalized spacial score (nSPS) is 10.4. The van der Waals surface area contributed by atoms with Crippen LogP contribution in [0.25, 0.3) is 0 Å². The second kappa shape index (κ2) is 5.59. The van der Waals surface area contributed by atoms with Gasteiger partial charge in [0.1, 0.15) is 5.75 Å². The number of hydrogen-bond donors (Lipinski definition) is 1. The number of aryl methyl sites for hydroxylation is 1. The first-order valence-electron chi connectivity index (χ1n) is 5.33. The van der Waals surface area contributed by atoms with Crippen LogP contribution in [0.15, 0.2) is 58.4 Å². The minimum Gasteiger partial charge on any atom is -0.508 e. The lowest BCUT2D eigenvalue weighted by atomic mass is 10.3. The van der Waals surface area contributed by atoms with Crippen LogP contribution in [0.2, 0.25) is 0 Å². The molecule has 0 radical (unpaired) electrons. The lowest BCUT2D eigenvalue weighted by Crippen LogP contribution is -2.18. The zero-order valence-corrected chi connectivity index (χ0v) is 10.1. The zero-order chi connectivity index (χ0) is 12.1. The average Bonchev–Trinajstić information content (AvgIpc) is 2.34. The fourth-order valence-corrected chi connectivity index (χ4v) is 2.30.